The lowest BCUT2D eigenvalue weighted by Crippen LogP contribution is -2.30. The second kappa shape index (κ2) is 6.28. The quantitative estimate of drug-likeness (QED) is 0.595. The van der Waals surface area contributed by atoms with E-state index in [1.54, 1.807) is 6.07 Å². The van der Waals surface area contributed by atoms with Gasteiger partial charge in [0.25, 0.3) is 0 Å². The Morgan fingerprint density at radius 1 is 1.26 bits per heavy atom. The maximum atomic E-state index is 13.6. The number of imidazole rings is 1. The Kier molecular flexibility index (Phi) is 3.87. The van der Waals surface area contributed by atoms with Crippen LogP contribution in [0.2, 0.25) is 0 Å². The third-order valence-electron chi connectivity index (χ3n) is 5.92. The van der Waals surface area contributed by atoms with Gasteiger partial charge in [-0.2, -0.15) is 0 Å². The van der Waals surface area contributed by atoms with E-state index >= 15 is 0 Å². The highest BCUT2D eigenvalue weighted by atomic mass is 19.1. The predicted octanol–water partition coefficient (Wildman–Crippen LogP) is 5.09. The molecule has 1 aliphatic heterocycles. The van der Waals surface area contributed by atoms with E-state index < -0.39 is 6.17 Å². The summed E-state index contributed by atoms with van der Waals surface area (Å²) in [6.45, 7) is 10.2. The Bertz CT molecular complexity index is 1060. The molecule has 2 atom stereocenters. The topological polar surface area (TPSA) is 44.3 Å². The Hall–Kier alpha value is -2.52. The van der Waals surface area contributed by atoms with Crippen molar-refractivity contribution in [3.8, 4) is 0 Å². The van der Waals surface area contributed by atoms with Gasteiger partial charge < -0.3 is 9.30 Å². The van der Waals surface area contributed by atoms with Gasteiger partial charge in [0, 0.05) is 24.0 Å². The molecular formula is C21H21FN4O. The number of pyridine rings is 1. The van der Waals surface area contributed by atoms with Crippen molar-refractivity contribution >= 4 is 27.6 Å². The molecule has 1 unspecified atom stereocenters. The van der Waals surface area contributed by atoms with Crippen molar-refractivity contribution in [2.24, 2.45) is 0 Å². The Morgan fingerprint density at radius 3 is 2.85 bits per heavy atom. The van der Waals surface area contributed by atoms with Gasteiger partial charge in [0.15, 0.2) is 5.69 Å². The summed E-state index contributed by atoms with van der Waals surface area (Å²) in [4.78, 5) is 13.0. The number of ether oxygens (including phenoxy) is 1. The van der Waals surface area contributed by atoms with Crippen LogP contribution in [-0.2, 0) is 4.74 Å². The number of hydrogen-bond acceptors (Lipinski definition) is 3. The van der Waals surface area contributed by atoms with Crippen molar-refractivity contribution < 1.29 is 9.13 Å². The van der Waals surface area contributed by atoms with E-state index in [-0.39, 0.29) is 18.1 Å². The van der Waals surface area contributed by atoms with Crippen molar-refractivity contribution in [1.82, 2.24) is 14.5 Å². The number of halogens is 1. The van der Waals surface area contributed by atoms with Gasteiger partial charge >= 0.3 is 0 Å². The van der Waals surface area contributed by atoms with Crippen LogP contribution in [0.15, 0.2) is 24.4 Å². The fraction of sp³-hybridized carbons (Fsp3) is 0.476. The predicted molar refractivity (Wildman–Crippen MR) is 102 cm³/mol. The third kappa shape index (κ3) is 2.69. The zero-order valence-electron chi connectivity index (χ0n) is 15.2. The van der Waals surface area contributed by atoms with Crippen molar-refractivity contribution in [2.45, 2.75) is 56.8 Å². The van der Waals surface area contributed by atoms with Crippen molar-refractivity contribution in [2.75, 3.05) is 6.61 Å². The number of benzene rings is 1. The van der Waals surface area contributed by atoms with Crippen LogP contribution in [0.5, 0.6) is 0 Å². The van der Waals surface area contributed by atoms with E-state index in [1.807, 2.05) is 18.3 Å². The molecular weight excluding hydrogens is 343 g/mol. The highest BCUT2D eigenvalue weighted by Gasteiger charge is 2.36. The third-order valence-corrected chi connectivity index (χ3v) is 5.92. The van der Waals surface area contributed by atoms with Crippen LogP contribution in [0, 0.1) is 6.57 Å². The van der Waals surface area contributed by atoms with Crippen molar-refractivity contribution in [3.63, 3.8) is 0 Å². The summed E-state index contributed by atoms with van der Waals surface area (Å²) in [5.41, 5.74) is 3.32. The zero-order chi connectivity index (χ0) is 18.5. The lowest BCUT2D eigenvalue weighted by molar-refractivity contribution is 0.00547. The molecule has 1 aromatic carbocycles. The molecule has 1 saturated heterocycles. The van der Waals surface area contributed by atoms with Crippen LogP contribution in [0.3, 0.4) is 0 Å². The highest BCUT2D eigenvalue weighted by Crippen LogP contribution is 2.43. The van der Waals surface area contributed by atoms with Crippen LogP contribution in [0.25, 0.3) is 26.8 Å². The average Bonchev–Trinajstić information content (AvgIpc) is 3.04. The molecule has 5 rings (SSSR count). The minimum atomic E-state index is -0.722. The summed E-state index contributed by atoms with van der Waals surface area (Å²) in [7, 11) is 0. The number of hydrogen-bond donors (Lipinski definition) is 0. The van der Waals surface area contributed by atoms with Gasteiger partial charge in [-0.1, -0.05) is 6.07 Å². The van der Waals surface area contributed by atoms with Gasteiger partial charge in [-0.25, -0.2) is 14.2 Å². The van der Waals surface area contributed by atoms with E-state index in [9.17, 15) is 4.39 Å². The number of fused-ring (bicyclic) bond motifs is 3. The smallest absolute Gasteiger partial charge is 0.188 e. The first-order valence-corrected chi connectivity index (χ1v) is 9.57. The van der Waals surface area contributed by atoms with E-state index in [4.69, 9.17) is 16.3 Å². The molecule has 1 aliphatic carbocycles. The van der Waals surface area contributed by atoms with E-state index in [0.29, 0.717) is 18.5 Å². The molecule has 0 spiro atoms. The van der Waals surface area contributed by atoms with Crippen LogP contribution in [0.4, 0.5) is 10.1 Å². The monoisotopic (exact) mass is 364 g/mol. The van der Waals surface area contributed by atoms with Gasteiger partial charge in [0.1, 0.15) is 17.5 Å². The van der Waals surface area contributed by atoms with Gasteiger partial charge in [-0.15, -0.1) is 0 Å². The molecule has 2 aliphatic rings. The minimum absolute atomic E-state index is 0.157. The summed E-state index contributed by atoms with van der Waals surface area (Å²) < 4.78 is 21.7. The van der Waals surface area contributed by atoms with Crippen LogP contribution < -0.4 is 0 Å². The molecule has 1 saturated carbocycles. The van der Waals surface area contributed by atoms with E-state index in [2.05, 4.69) is 21.3 Å². The number of rotatable bonds is 2. The molecule has 2 aromatic heterocycles. The van der Waals surface area contributed by atoms with Crippen LogP contribution in [0.1, 0.15) is 50.4 Å². The standard InChI is InChI=1S/C21H21FN4O/c1-12-7-16(5-6-27-12)26-20-17-10-15(23-2)3-4-18(17)24-11-19(20)25-21(26)13-8-14(22)9-13/h3-4,10-14,16H,5-9H2,1H3/t12-,13?,14?,16?/m1/s1. The van der Waals surface area contributed by atoms with E-state index in [1.165, 1.54) is 0 Å². The summed E-state index contributed by atoms with van der Waals surface area (Å²) in [5, 5.41) is 0.954. The second-order valence-corrected chi connectivity index (χ2v) is 7.77. The average molecular weight is 364 g/mol. The Morgan fingerprint density at radius 2 is 2.11 bits per heavy atom. The first-order valence-electron chi connectivity index (χ1n) is 9.57. The molecule has 0 N–H and O–H groups in total. The molecule has 3 heterocycles. The van der Waals surface area contributed by atoms with Gasteiger partial charge in [0.05, 0.1) is 29.9 Å². The fourth-order valence-corrected chi connectivity index (χ4v) is 4.48. The lowest BCUT2D eigenvalue weighted by Gasteiger charge is -2.34. The summed E-state index contributed by atoms with van der Waals surface area (Å²) >= 11 is 0. The molecule has 5 nitrogen and oxygen atoms in total. The number of nitrogens with zero attached hydrogens (tertiary/aromatic N) is 4. The SMILES string of the molecule is [C-]#[N+]c1ccc2ncc3nc(C4CC(F)C4)n(C4CCO[C@H](C)C4)c3c2c1. The summed E-state index contributed by atoms with van der Waals surface area (Å²) in [6.07, 6.45) is 4.19. The first kappa shape index (κ1) is 16.6. The maximum absolute atomic E-state index is 13.6. The van der Waals surface area contributed by atoms with Gasteiger partial charge in [-0.3, -0.25) is 4.98 Å². The lowest BCUT2D eigenvalue weighted by atomic mass is 9.82. The minimum Gasteiger partial charge on any atom is -0.378 e. The second-order valence-electron chi connectivity index (χ2n) is 7.77. The molecule has 138 valence electrons. The molecule has 2 fully saturated rings. The Balaban J connectivity index is 1.77. The molecule has 0 bridgehead atoms. The molecule has 3 aromatic rings. The molecule has 6 heteroatoms. The van der Waals surface area contributed by atoms with Crippen molar-refractivity contribution in [3.05, 3.63) is 41.6 Å². The molecule has 0 amide bonds. The van der Waals surface area contributed by atoms with Gasteiger partial charge in [0.2, 0.25) is 0 Å². The van der Waals surface area contributed by atoms with Gasteiger partial charge in [-0.05, 0) is 44.7 Å². The summed E-state index contributed by atoms with van der Waals surface area (Å²) in [5.74, 6) is 1.13. The molecule has 0 radical (unpaired) electrons. The van der Waals surface area contributed by atoms with Crippen LogP contribution in [-0.4, -0.2) is 33.4 Å². The summed E-state index contributed by atoms with van der Waals surface area (Å²) in [6, 6.07) is 5.87. The first-order chi connectivity index (χ1) is 13.1. The van der Waals surface area contributed by atoms with Crippen LogP contribution >= 0.6 is 0 Å². The van der Waals surface area contributed by atoms with E-state index in [0.717, 1.165) is 47.2 Å². The zero-order valence-corrected chi connectivity index (χ0v) is 15.2. The van der Waals surface area contributed by atoms with Crippen molar-refractivity contribution in [1.29, 1.82) is 0 Å². The Labute approximate surface area is 157 Å². The normalized spacial score (nSPS) is 28.2. The number of alkyl halides is 1. The fourth-order valence-electron chi connectivity index (χ4n) is 4.48. The largest absolute Gasteiger partial charge is 0.378 e. The molecule has 27 heavy (non-hydrogen) atoms. The maximum Gasteiger partial charge on any atom is 0.188 e. The number of aromatic nitrogens is 3. The highest BCUT2D eigenvalue weighted by molar-refractivity contribution is 6.03.